The van der Waals surface area contributed by atoms with Gasteiger partial charge in [-0.3, -0.25) is 9.59 Å². The van der Waals surface area contributed by atoms with Crippen molar-refractivity contribution in [1.29, 1.82) is 0 Å². The van der Waals surface area contributed by atoms with E-state index in [9.17, 15) is 9.59 Å². The molecule has 4 aromatic rings. The smallest absolute Gasteiger partial charge is 0.175 e. The first-order chi connectivity index (χ1) is 23.9. The molecule has 6 heteroatoms. The molecule has 0 saturated carbocycles. The fourth-order valence-corrected chi connectivity index (χ4v) is 8.84. The third-order valence-corrected chi connectivity index (χ3v) is 11.0. The van der Waals surface area contributed by atoms with Crippen LogP contribution in [0.15, 0.2) is 112 Å². The van der Waals surface area contributed by atoms with Gasteiger partial charge in [0.1, 0.15) is 6.61 Å². The second kappa shape index (κ2) is 13.5. The second-order valence-electron chi connectivity index (χ2n) is 15.6. The van der Waals surface area contributed by atoms with Crippen LogP contribution in [0.1, 0.15) is 82.9 Å². The molecule has 0 atom stereocenters. The number of halogens is 1. The van der Waals surface area contributed by atoms with Crippen LogP contribution >= 0.6 is 15.9 Å². The van der Waals surface area contributed by atoms with Crippen LogP contribution in [0, 0.1) is 10.8 Å². The van der Waals surface area contributed by atoms with Gasteiger partial charge in [0.2, 0.25) is 0 Å². The Labute approximate surface area is 304 Å². The quantitative estimate of drug-likeness (QED) is 0.172. The minimum Gasteiger partial charge on any atom is -0.490 e. The van der Waals surface area contributed by atoms with Crippen LogP contribution in [-0.4, -0.2) is 29.6 Å². The lowest BCUT2D eigenvalue weighted by molar-refractivity contribution is -0.119. The van der Waals surface area contributed by atoms with Gasteiger partial charge in [-0.1, -0.05) is 100 Å². The fraction of sp³-hybridized carbons (Fsp3) is 0.364. The number of hydrogen-bond acceptors (Lipinski definition) is 5. The minimum atomic E-state index is -0.470. The van der Waals surface area contributed by atoms with Gasteiger partial charge in [-0.15, -0.1) is 0 Å². The molecule has 0 aromatic heterocycles. The number of hydrogen-bond donors (Lipinski definition) is 0. The van der Waals surface area contributed by atoms with Crippen molar-refractivity contribution >= 4 is 38.3 Å². The van der Waals surface area contributed by atoms with Gasteiger partial charge in [0.15, 0.2) is 23.1 Å². The van der Waals surface area contributed by atoms with Crippen molar-refractivity contribution in [2.75, 3.05) is 13.2 Å². The first-order valence-corrected chi connectivity index (χ1v) is 18.6. The molecule has 258 valence electrons. The molecule has 50 heavy (non-hydrogen) atoms. The number of ether oxygens (including phenoxy) is 2. The van der Waals surface area contributed by atoms with Crippen molar-refractivity contribution in [2.24, 2.45) is 10.8 Å². The van der Waals surface area contributed by atoms with Gasteiger partial charge >= 0.3 is 0 Å². The highest BCUT2D eigenvalue weighted by Crippen LogP contribution is 2.55. The van der Waals surface area contributed by atoms with Gasteiger partial charge in [0.25, 0.3) is 0 Å². The van der Waals surface area contributed by atoms with Crippen LogP contribution < -0.4 is 9.47 Å². The van der Waals surface area contributed by atoms with Crippen molar-refractivity contribution in [3.05, 3.63) is 129 Å². The van der Waals surface area contributed by atoms with E-state index < -0.39 is 5.92 Å². The molecule has 0 unspecified atom stereocenters. The molecule has 7 rings (SSSR count). The van der Waals surface area contributed by atoms with Crippen molar-refractivity contribution in [1.82, 2.24) is 4.90 Å². The summed E-state index contributed by atoms with van der Waals surface area (Å²) in [5, 5.41) is 2.31. The first-order valence-electron chi connectivity index (χ1n) is 17.8. The highest BCUT2D eigenvalue weighted by Gasteiger charge is 2.49. The Balaban J connectivity index is 1.34. The molecular weight excluding hydrogens is 686 g/mol. The average molecular weight is 733 g/mol. The largest absolute Gasteiger partial charge is 0.490 e. The van der Waals surface area contributed by atoms with Gasteiger partial charge in [0, 0.05) is 47.8 Å². The van der Waals surface area contributed by atoms with E-state index in [1.165, 1.54) is 5.56 Å². The lowest BCUT2D eigenvalue weighted by Gasteiger charge is -2.49. The number of fused-ring (bicyclic) bond motifs is 1. The van der Waals surface area contributed by atoms with E-state index in [0.717, 1.165) is 74.7 Å². The highest BCUT2D eigenvalue weighted by atomic mass is 79.9. The Morgan fingerprint density at radius 2 is 1.38 bits per heavy atom. The van der Waals surface area contributed by atoms with E-state index in [1.807, 2.05) is 37.3 Å². The van der Waals surface area contributed by atoms with Crippen molar-refractivity contribution in [2.45, 2.75) is 79.2 Å². The van der Waals surface area contributed by atoms with E-state index in [0.29, 0.717) is 37.6 Å². The molecule has 1 aliphatic heterocycles. The van der Waals surface area contributed by atoms with Crippen LogP contribution in [0.5, 0.6) is 11.5 Å². The van der Waals surface area contributed by atoms with E-state index in [4.69, 9.17) is 9.47 Å². The number of benzene rings is 4. The molecule has 0 saturated heterocycles. The summed E-state index contributed by atoms with van der Waals surface area (Å²) in [6, 6.07) is 29.1. The van der Waals surface area contributed by atoms with Gasteiger partial charge < -0.3 is 14.4 Å². The van der Waals surface area contributed by atoms with E-state index in [1.54, 1.807) is 0 Å². The standard InChI is InChI=1S/C44H46BrNO4/c1-6-49-38-22-31(21-33(45)42(38)50-27-30-17-12-16-29-15-10-11-18-32(29)30)39-40-34(23-43(2,3)25-36(40)47)46(20-19-28-13-8-7-9-14-28)35-24-44(4,5)26-37(48)41(35)39/h7-18,21-22,39H,6,19-20,23-27H2,1-5H3. The zero-order valence-electron chi connectivity index (χ0n) is 29.8. The number of Topliss-reactive ketones (excluding diaryl/α,β-unsaturated/α-hetero) is 2. The molecule has 2 aliphatic carbocycles. The molecule has 4 aromatic carbocycles. The summed E-state index contributed by atoms with van der Waals surface area (Å²) in [5.74, 6) is 0.989. The zero-order valence-corrected chi connectivity index (χ0v) is 31.4. The number of carbonyl (C=O) groups is 2. The normalized spacial score (nSPS) is 18.7. The summed E-state index contributed by atoms with van der Waals surface area (Å²) in [4.78, 5) is 31.2. The predicted octanol–water partition coefficient (Wildman–Crippen LogP) is 10.5. The van der Waals surface area contributed by atoms with Crippen molar-refractivity contribution < 1.29 is 19.1 Å². The first kappa shape index (κ1) is 34.3. The summed E-state index contributed by atoms with van der Waals surface area (Å²) in [7, 11) is 0. The predicted molar refractivity (Wildman–Crippen MR) is 203 cm³/mol. The summed E-state index contributed by atoms with van der Waals surface area (Å²) in [6.45, 7) is 12.2. The number of allylic oxidation sites excluding steroid dienone is 4. The maximum absolute atomic E-state index is 14.4. The van der Waals surface area contributed by atoms with Crippen LogP contribution in [0.4, 0.5) is 0 Å². The third-order valence-electron chi connectivity index (χ3n) is 10.4. The summed E-state index contributed by atoms with van der Waals surface area (Å²) in [6.07, 6.45) is 3.27. The topological polar surface area (TPSA) is 55.8 Å². The summed E-state index contributed by atoms with van der Waals surface area (Å²) < 4.78 is 13.5. The SMILES string of the molecule is CCOc1cc(C2C3=C(CC(C)(C)CC3=O)N(CCc3ccccc3)C3=C2C(=O)CC(C)(C)C3)cc(Br)c1OCc1cccc2ccccc12. The Morgan fingerprint density at radius 1 is 0.760 bits per heavy atom. The molecule has 5 nitrogen and oxygen atoms in total. The van der Waals surface area contributed by atoms with Gasteiger partial charge in [-0.2, -0.15) is 0 Å². The molecule has 0 radical (unpaired) electrons. The Hall–Kier alpha value is -4.16. The molecule has 0 N–H and O–H groups in total. The second-order valence-corrected chi connectivity index (χ2v) is 16.5. The Bertz CT molecular complexity index is 1980. The Kier molecular flexibility index (Phi) is 9.27. The van der Waals surface area contributed by atoms with Crippen molar-refractivity contribution in [3.63, 3.8) is 0 Å². The van der Waals surface area contributed by atoms with Gasteiger partial charge in [0.05, 0.1) is 11.1 Å². The lowest BCUT2D eigenvalue weighted by Crippen LogP contribution is -2.45. The molecule has 0 bridgehead atoms. The van der Waals surface area contributed by atoms with Crippen LogP contribution in [0.2, 0.25) is 0 Å². The average Bonchev–Trinajstić information content (AvgIpc) is 3.06. The van der Waals surface area contributed by atoms with Gasteiger partial charge in [-0.25, -0.2) is 0 Å². The summed E-state index contributed by atoms with van der Waals surface area (Å²) >= 11 is 3.85. The molecule has 3 aliphatic rings. The van der Waals surface area contributed by atoms with E-state index in [-0.39, 0.29) is 22.4 Å². The molecule has 0 spiro atoms. The molecular formula is C44H46BrNO4. The maximum atomic E-state index is 14.4. The van der Waals surface area contributed by atoms with E-state index >= 15 is 0 Å². The fourth-order valence-electron chi connectivity index (χ4n) is 8.26. The number of carbonyl (C=O) groups excluding carboxylic acids is 2. The number of nitrogens with zero attached hydrogens (tertiary/aromatic N) is 1. The number of ketones is 2. The van der Waals surface area contributed by atoms with Gasteiger partial charge in [-0.05, 0) is 92.5 Å². The molecule has 0 fully saturated rings. The van der Waals surface area contributed by atoms with Crippen LogP contribution in [-0.2, 0) is 22.6 Å². The van der Waals surface area contributed by atoms with Crippen molar-refractivity contribution in [3.8, 4) is 11.5 Å². The monoisotopic (exact) mass is 731 g/mol. The number of rotatable bonds is 9. The van der Waals surface area contributed by atoms with E-state index in [2.05, 4.69) is 103 Å². The van der Waals surface area contributed by atoms with Crippen LogP contribution in [0.3, 0.4) is 0 Å². The zero-order chi connectivity index (χ0) is 35.2. The maximum Gasteiger partial charge on any atom is 0.175 e. The molecule has 0 amide bonds. The molecule has 1 heterocycles. The Morgan fingerprint density at radius 3 is 2.04 bits per heavy atom. The minimum absolute atomic E-state index is 0.125. The van der Waals surface area contributed by atoms with Crippen LogP contribution in [0.25, 0.3) is 10.8 Å². The lowest BCUT2D eigenvalue weighted by atomic mass is 9.63. The highest BCUT2D eigenvalue weighted by molar-refractivity contribution is 9.10. The third kappa shape index (κ3) is 6.67. The summed E-state index contributed by atoms with van der Waals surface area (Å²) in [5.41, 5.74) is 6.50.